The summed E-state index contributed by atoms with van der Waals surface area (Å²) in [4.78, 5) is 42.4. The van der Waals surface area contributed by atoms with E-state index in [0.717, 1.165) is 19.6 Å². The van der Waals surface area contributed by atoms with E-state index >= 15 is 0 Å². The number of anilines is 1. The summed E-state index contributed by atoms with van der Waals surface area (Å²) in [6.45, 7) is 5.90. The van der Waals surface area contributed by atoms with Gasteiger partial charge in [-0.25, -0.2) is 0 Å². The molecule has 1 saturated heterocycles. The minimum atomic E-state index is -0.379. The Morgan fingerprint density at radius 3 is 2.31 bits per heavy atom. The molecule has 0 bridgehead atoms. The van der Waals surface area contributed by atoms with E-state index in [2.05, 4.69) is 20.5 Å². The predicted molar refractivity (Wildman–Crippen MR) is 108 cm³/mol. The fraction of sp³-hybridized carbons (Fsp3) is 0.333. The molecule has 2 N–H and O–H groups in total. The van der Waals surface area contributed by atoms with Crippen LogP contribution in [0.1, 0.15) is 38.0 Å². The van der Waals surface area contributed by atoms with Crippen molar-refractivity contribution in [1.29, 1.82) is 0 Å². The lowest BCUT2D eigenvalue weighted by Crippen LogP contribution is -2.41. The van der Waals surface area contributed by atoms with E-state index in [1.54, 1.807) is 24.3 Å². The molecule has 0 aliphatic carbocycles. The maximum Gasteiger partial charge on any atom is 0.257 e. The lowest BCUT2D eigenvalue weighted by molar-refractivity contribution is 0.0383. The van der Waals surface area contributed by atoms with Gasteiger partial charge in [-0.1, -0.05) is 0 Å². The third-order valence-electron chi connectivity index (χ3n) is 4.63. The van der Waals surface area contributed by atoms with Gasteiger partial charge in [0.05, 0.1) is 24.3 Å². The van der Waals surface area contributed by atoms with Crippen molar-refractivity contribution in [2.75, 3.05) is 44.7 Å². The number of pyridine rings is 1. The summed E-state index contributed by atoms with van der Waals surface area (Å²) in [6.07, 6.45) is 2.84. The number of Topliss-reactive ketones (excluding diaryl/α,β-unsaturated/α-hetero) is 1. The first-order valence-corrected chi connectivity index (χ1v) is 9.48. The topological polar surface area (TPSA) is 101 Å². The van der Waals surface area contributed by atoms with E-state index in [4.69, 9.17) is 4.74 Å². The molecule has 0 saturated carbocycles. The molecule has 1 fully saturated rings. The third kappa shape index (κ3) is 5.94. The van der Waals surface area contributed by atoms with Crippen molar-refractivity contribution in [2.24, 2.45) is 0 Å². The molecule has 152 valence electrons. The Hall–Kier alpha value is -3.10. The smallest absolute Gasteiger partial charge is 0.257 e. The van der Waals surface area contributed by atoms with Crippen LogP contribution in [0.15, 0.2) is 42.7 Å². The summed E-state index contributed by atoms with van der Waals surface area (Å²) in [7, 11) is 0. The normalized spacial score (nSPS) is 14.2. The largest absolute Gasteiger partial charge is 0.379 e. The van der Waals surface area contributed by atoms with Gasteiger partial charge in [-0.05, 0) is 37.3 Å². The van der Waals surface area contributed by atoms with Crippen LogP contribution in [-0.4, -0.2) is 66.9 Å². The van der Waals surface area contributed by atoms with Crippen molar-refractivity contribution < 1.29 is 19.1 Å². The molecule has 0 spiro atoms. The van der Waals surface area contributed by atoms with E-state index in [1.807, 2.05) is 0 Å². The average molecular weight is 396 g/mol. The van der Waals surface area contributed by atoms with Crippen LogP contribution in [0.4, 0.5) is 5.69 Å². The molecule has 1 aromatic carbocycles. The lowest BCUT2D eigenvalue weighted by atomic mass is 10.1. The zero-order chi connectivity index (χ0) is 20.6. The highest BCUT2D eigenvalue weighted by atomic mass is 16.5. The number of morpholine rings is 1. The molecule has 0 atom stereocenters. The average Bonchev–Trinajstić information content (AvgIpc) is 2.75. The Morgan fingerprint density at radius 1 is 1.00 bits per heavy atom. The van der Waals surface area contributed by atoms with Crippen LogP contribution in [0.2, 0.25) is 0 Å². The monoisotopic (exact) mass is 396 g/mol. The fourth-order valence-electron chi connectivity index (χ4n) is 2.93. The van der Waals surface area contributed by atoms with Gasteiger partial charge in [0.2, 0.25) is 0 Å². The second-order valence-corrected chi connectivity index (χ2v) is 6.76. The van der Waals surface area contributed by atoms with Gasteiger partial charge in [0.25, 0.3) is 11.8 Å². The number of ether oxygens (including phenoxy) is 1. The number of aromatic nitrogens is 1. The number of hydrogen-bond donors (Lipinski definition) is 2. The summed E-state index contributed by atoms with van der Waals surface area (Å²) < 4.78 is 5.30. The number of carbonyl (C=O) groups excluding carboxylic acids is 3. The van der Waals surface area contributed by atoms with Gasteiger partial charge in [-0.2, -0.15) is 0 Å². The fourth-order valence-corrected chi connectivity index (χ4v) is 2.93. The van der Waals surface area contributed by atoms with E-state index in [0.29, 0.717) is 36.6 Å². The highest BCUT2D eigenvalue weighted by Gasteiger charge is 2.13. The van der Waals surface area contributed by atoms with E-state index in [1.165, 1.54) is 25.4 Å². The second-order valence-electron chi connectivity index (χ2n) is 6.76. The maximum atomic E-state index is 12.5. The third-order valence-corrected chi connectivity index (χ3v) is 4.63. The predicted octanol–water partition coefficient (Wildman–Crippen LogP) is 1.60. The van der Waals surface area contributed by atoms with Crippen molar-refractivity contribution in [3.63, 3.8) is 0 Å². The Morgan fingerprint density at radius 2 is 1.66 bits per heavy atom. The van der Waals surface area contributed by atoms with Gasteiger partial charge in [0.1, 0.15) is 0 Å². The Bertz CT molecular complexity index is 877. The van der Waals surface area contributed by atoms with Crippen molar-refractivity contribution in [3.8, 4) is 0 Å². The first kappa shape index (κ1) is 20.6. The number of hydrogen-bond acceptors (Lipinski definition) is 6. The number of benzene rings is 1. The van der Waals surface area contributed by atoms with Crippen LogP contribution in [0.25, 0.3) is 0 Å². The van der Waals surface area contributed by atoms with Crippen LogP contribution in [0.3, 0.4) is 0 Å². The second kappa shape index (κ2) is 9.90. The molecular weight excluding hydrogens is 372 g/mol. The minimum absolute atomic E-state index is 0.0422. The van der Waals surface area contributed by atoms with Crippen molar-refractivity contribution in [1.82, 2.24) is 15.2 Å². The molecule has 2 aromatic rings. The van der Waals surface area contributed by atoms with Crippen LogP contribution in [-0.2, 0) is 4.74 Å². The van der Waals surface area contributed by atoms with Crippen molar-refractivity contribution in [3.05, 3.63) is 59.4 Å². The molecule has 29 heavy (non-hydrogen) atoms. The van der Waals surface area contributed by atoms with E-state index < -0.39 is 0 Å². The number of rotatable bonds is 7. The lowest BCUT2D eigenvalue weighted by Gasteiger charge is -2.26. The van der Waals surface area contributed by atoms with Gasteiger partial charge in [0.15, 0.2) is 5.78 Å². The quantitative estimate of drug-likeness (QED) is 0.690. The number of ketones is 1. The highest BCUT2D eigenvalue weighted by molar-refractivity contribution is 6.06. The zero-order valence-corrected chi connectivity index (χ0v) is 16.3. The summed E-state index contributed by atoms with van der Waals surface area (Å²) in [6, 6.07) is 8.12. The molecular formula is C21H24N4O4. The van der Waals surface area contributed by atoms with Gasteiger partial charge in [-0.15, -0.1) is 0 Å². The SMILES string of the molecule is CC(=O)c1ccc(NC(=O)c2cncc(C(=O)NCCN3CCOCC3)c2)cc1. The van der Waals surface area contributed by atoms with Crippen LogP contribution < -0.4 is 10.6 Å². The first-order valence-electron chi connectivity index (χ1n) is 9.48. The Balaban J connectivity index is 1.55. The molecule has 1 aliphatic heterocycles. The minimum Gasteiger partial charge on any atom is -0.379 e. The van der Waals surface area contributed by atoms with Gasteiger partial charge < -0.3 is 15.4 Å². The summed E-state index contributed by atoms with van der Waals surface area (Å²) >= 11 is 0. The summed E-state index contributed by atoms with van der Waals surface area (Å²) in [5.74, 6) is -0.693. The van der Waals surface area contributed by atoms with Crippen LogP contribution in [0, 0.1) is 0 Å². The van der Waals surface area contributed by atoms with E-state index in [9.17, 15) is 14.4 Å². The van der Waals surface area contributed by atoms with Gasteiger partial charge in [-0.3, -0.25) is 24.3 Å². The highest BCUT2D eigenvalue weighted by Crippen LogP contribution is 2.12. The molecule has 1 aromatic heterocycles. The summed E-state index contributed by atoms with van der Waals surface area (Å²) in [5, 5.41) is 5.59. The van der Waals surface area contributed by atoms with Crippen LogP contribution >= 0.6 is 0 Å². The maximum absolute atomic E-state index is 12.5. The van der Waals surface area contributed by atoms with E-state index in [-0.39, 0.29) is 23.2 Å². The molecule has 8 heteroatoms. The Labute approximate surface area is 169 Å². The number of carbonyl (C=O) groups is 3. The zero-order valence-electron chi connectivity index (χ0n) is 16.3. The standard InChI is InChI=1S/C21H24N4O4/c1-15(26)16-2-4-19(5-3-16)24-21(28)18-12-17(13-22-14-18)20(27)23-6-7-25-8-10-29-11-9-25/h2-5,12-14H,6-11H2,1H3,(H,23,27)(H,24,28). The number of nitrogens with one attached hydrogen (secondary N) is 2. The number of amides is 2. The van der Waals surface area contributed by atoms with Crippen molar-refractivity contribution in [2.45, 2.75) is 6.92 Å². The first-order chi connectivity index (χ1) is 14.0. The molecule has 1 aliphatic rings. The molecule has 3 rings (SSSR count). The van der Waals surface area contributed by atoms with Crippen molar-refractivity contribution >= 4 is 23.3 Å². The van der Waals surface area contributed by atoms with Crippen LogP contribution in [0.5, 0.6) is 0 Å². The van der Waals surface area contributed by atoms with Gasteiger partial charge in [0, 0.05) is 49.8 Å². The number of nitrogens with zero attached hydrogens (tertiary/aromatic N) is 2. The molecule has 2 heterocycles. The molecule has 0 unspecified atom stereocenters. The van der Waals surface area contributed by atoms with Gasteiger partial charge >= 0.3 is 0 Å². The Kier molecular flexibility index (Phi) is 7.04. The molecule has 8 nitrogen and oxygen atoms in total. The molecule has 2 amide bonds. The molecule has 0 radical (unpaired) electrons. The summed E-state index contributed by atoms with van der Waals surface area (Å²) in [5.41, 5.74) is 1.73.